The molecule has 1 heterocycles. The highest BCUT2D eigenvalue weighted by molar-refractivity contribution is 9.10. The molecule has 96 valence electrons. The van der Waals surface area contributed by atoms with Gasteiger partial charge < -0.3 is 5.11 Å². The van der Waals surface area contributed by atoms with E-state index in [-0.39, 0.29) is 0 Å². The van der Waals surface area contributed by atoms with E-state index >= 15 is 0 Å². The Morgan fingerprint density at radius 3 is 2.65 bits per heavy atom. The van der Waals surface area contributed by atoms with Gasteiger partial charge in [0.05, 0.1) is 16.4 Å². The summed E-state index contributed by atoms with van der Waals surface area (Å²) in [6.45, 7) is 5.10. The maximum Gasteiger partial charge on any atom is 0.107 e. The van der Waals surface area contributed by atoms with Crippen LogP contribution >= 0.6 is 15.9 Å². The zero-order valence-corrected chi connectivity index (χ0v) is 12.2. The highest BCUT2D eigenvalue weighted by Gasteiger charge is 2.38. The van der Waals surface area contributed by atoms with Crippen molar-refractivity contribution in [2.45, 2.75) is 58.1 Å². The van der Waals surface area contributed by atoms with E-state index < -0.39 is 5.60 Å². The van der Waals surface area contributed by atoms with Gasteiger partial charge >= 0.3 is 0 Å². The normalized spacial score (nSPS) is 29.5. The van der Waals surface area contributed by atoms with Crippen molar-refractivity contribution in [2.75, 3.05) is 0 Å². The number of aromatic nitrogens is 2. The first-order valence-electron chi connectivity index (χ1n) is 6.55. The van der Waals surface area contributed by atoms with Crippen LogP contribution in [0.2, 0.25) is 0 Å². The molecule has 0 unspecified atom stereocenters. The molecule has 1 N–H and O–H groups in total. The fraction of sp³-hybridized carbons (Fsp3) is 0.769. The fourth-order valence-corrected chi connectivity index (χ4v) is 3.53. The third kappa shape index (κ3) is 2.43. The quantitative estimate of drug-likeness (QED) is 0.928. The van der Waals surface area contributed by atoms with Crippen molar-refractivity contribution in [2.24, 2.45) is 5.92 Å². The molecule has 0 saturated heterocycles. The van der Waals surface area contributed by atoms with Gasteiger partial charge in [-0.2, -0.15) is 5.10 Å². The van der Waals surface area contributed by atoms with Gasteiger partial charge in [0.25, 0.3) is 0 Å². The molecule has 1 fully saturated rings. The second kappa shape index (κ2) is 5.11. The van der Waals surface area contributed by atoms with Crippen LogP contribution in [0.15, 0.2) is 10.7 Å². The first kappa shape index (κ1) is 13.1. The molecule has 1 aromatic rings. The largest absolute Gasteiger partial charge is 0.384 e. The predicted octanol–water partition coefficient (Wildman–Crippen LogP) is 3.45. The molecule has 1 saturated carbocycles. The van der Waals surface area contributed by atoms with Gasteiger partial charge in [-0.1, -0.05) is 13.3 Å². The van der Waals surface area contributed by atoms with Crippen molar-refractivity contribution in [3.63, 3.8) is 0 Å². The van der Waals surface area contributed by atoms with Gasteiger partial charge in [-0.15, -0.1) is 0 Å². The van der Waals surface area contributed by atoms with Crippen LogP contribution in [-0.2, 0) is 12.1 Å². The Hall–Kier alpha value is -0.350. The lowest BCUT2D eigenvalue weighted by Gasteiger charge is -2.36. The molecular formula is C13H21BrN2O. The number of halogens is 1. The Labute approximate surface area is 111 Å². The minimum atomic E-state index is -0.684. The van der Waals surface area contributed by atoms with Gasteiger partial charge in [0.1, 0.15) is 5.60 Å². The lowest BCUT2D eigenvalue weighted by molar-refractivity contribution is -0.0226. The van der Waals surface area contributed by atoms with E-state index in [2.05, 4.69) is 34.9 Å². The standard InChI is InChI=1S/C13H21BrN2O/c1-3-10-5-7-13(17,8-6-10)12-11(14)9-15-16(12)4-2/h9-10,17H,3-8H2,1-2H3. The van der Waals surface area contributed by atoms with Gasteiger partial charge in [-0.3, -0.25) is 4.68 Å². The topological polar surface area (TPSA) is 38.1 Å². The van der Waals surface area contributed by atoms with E-state index in [0.717, 1.165) is 48.3 Å². The smallest absolute Gasteiger partial charge is 0.107 e. The number of hydrogen-bond donors (Lipinski definition) is 1. The molecule has 0 radical (unpaired) electrons. The summed E-state index contributed by atoms with van der Waals surface area (Å²) in [7, 11) is 0. The van der Waals surface area contributed by atoms with Gasteiger partial charge in [-0.05, 0) is 54.5 Å². The van der Waals surface area contributed by atoms with Gasteiger partial charge in [0, 0.05) is 6.54 Å². The van der Waals surface area contributed by atoms with Crippen molar-refractivity contribution in [1.82, 2.24) is 9.78 Å². The van der Waals surface area contributed by atoms with Crippen LogP contribution in [0.25, 0.3) is 0 Å². The van der Waals surface area contributed by atoms with Crippen molar-refractivity contribution >= 4 is 15.9 Å². The summed E-state index contributed by atoms with van der Waals surface area (Å²) in [6, 6.07) is 0. The molecule has 1 aliphatic carbocycles. The summed E-state index contributed by atoms with van der Waals surface area (Å²) in [4.78, 5) is 0. The summed E-state index contributed by atoms with van der Waals surface area (Å²) < 4.78 is 2.85. The molecule has 4 heteroatoms. The molecule has 0 bridgehead atoms. The molecule has 0 atom stereocenters. The van der Waals surface area contributed by atoms with Gasteiger partial charge in [-0.25, -0.2) is 0 Å². The van der Waals surface area contributed by atoms with E-state index in [0.29, 0.717) is 0 Å². The van der Waals surface area contributed by atoms with Crippen molar-refractivity contribution in [3.8, 4) is 0 Å². The first-order chi connectivity index (χ1) is 8.10. The second-order valence-electron chi connectivity index (χ2n) is 5.04. The van der Waals surface area contributed by atoms with Crippen LogP contribution in [0, 0.1) is 5.92 Å². The molecule has 0 amide bonds. The Balaban J connectivity index is 2.24. The van der Waals surface area contributed by atoms with E-state index in [1.54, 1.807) is 6.20 Å². The van der Waals surface area contributed by atoms with Crippen LogP contribution in [0.5, 0.6) is 0 Å². The zero-order chi connectivity index (χ0) is 12.5. The molecule has 17 heavy (non-hydrogen) atoms. The molecule has 0 aliphatic heterocycles. The Bertz CT molecular complexity index is 381. The first-order valence-corrected chi connectivity index (χ1v) is 7.34. The van der Waals surface area contributed by atoms with Crippen molar-refractivity contribution in [3.05, 3.63) is 16.4 Å². The molecule has 0 aromatic carbocycles. The number of aliphatic hydroxyl groups is 1. The van der Waals surface area contributed by atoms with Gasteiger partial charge in [0.2, 0.25) is 0 Å². The summed E-state index contributed by atoms with van der Waals surface area (Å²) >= 11 is 3.52. The Morgan fingerprint density at radius 2 is 2.12 bits per heavy atom. The predicted molar refractivity (Wildman–Crippen MR) is 71.7 cm³/mol. The minimum absolute atomic E-state index is 0.684. The molecule has 2 rings (SSSR count). The maximum atomic E-state index is 10.8. The highest BCUT2D eigenvalue weighted by atomic mass is 79.9. The molecular weight excluding hydrogens is 280 g/mol. The highest BCUT2D eigenvalue weighted by Crippen LogP contribution is 2.42. The molecule has 1 aliphatic rings. The Kier molecular flexibility index (Phi) is 3.93. The minimum Gasteiger partial charge on any atom is -0.384 e. The molecule has 3 nitrogen and oxygen atoms in total. The average Bonchev–Trinajstić information content (AvgIpc) is 2.72. The van der Waals surface area contributed by atoms with Crippen molar-refractivity contribution < 1.29 is 5.11 Å². The molecule has 0 spiro atoms. The molecule has 1 aromatic heterocycles. The number of aryl methyl sites for hydroxylation is 1. The Morgan fingerprint density at radius 1 is 1.47 bits per heavy atom. The third-order valence-corrected chi connectivity index (χ3v) is 4.63. The van der Waals surface area contributed by atoms with Crippen LogP contribution < -0.4 is 0 Å². The SMILES string of the molecule is CCC1CCC(O)(c2c(Br)cnn2CC)CC1. The lowest BCUT2D eigenvalue weighted by Crippen LogP contribution is -2.34. The zero-order valence-electron chi connectivity index (χ0n) is 10.6. The van der Waals surface area contributed by atoms with Crippen LogP contribution in [0.4, 0.5) is 0 Å². The van der Waals surface area contributed by atoms with Crippen LogP contribution in [-0.4, -0.2) is 14.9 Å². The van der Waals surface area contributed by atoms with E-state index in [1.807, 2.05) is 4.68 Å². The van der Waals surface area contributed by atoms with Gasteiger partial charge in [0.15, 0.2) is 0 Å². The number of nitrogens with zero attached hydrogens (tertiary/aromatic N) is 2. The maximum absolute atomic E-state index is 10.8. The summed E-state index contributed by atoms with van der Waals surface area (Å²) in [5.74, 6) is 0.784. The van der Waals surface area contributed by atoms with E-state index in [9.17, 15) is 5.11 Å². The second-order valence-corrected chi connectivity index (χ2v) is 5.89. The van der Waals surface area contributed by atoms with E-state index in [1.165, 1.54) is 6.42 Å². The van der Waals surface area contributed by atoms with Crippen LogP contribution in [0.1, 0.15) is 51.6 Å². The lowest BCUT2D eigenvalue weighted by atomic mass is 9.76. The summed E-state index contributed by atoms with van der Waals surface area (Å²) in [5.41, 5.74) is 0.284. The van der Waals surface area contributed by atoms with Crippen LogP contribution in [0.3, 0.4) is 0 Å². The number of hydrogen-bond acceptors (Lipinski definition) is 2. The third-order valence-electron chi connectivity index (χ3n) is 4.04. The number of rotatable bonds is 3. The van der Waals surface area contributed by atoms with E-state index in [4.69, 9.17) is 0 Å². The van der Waals surface area contributed by atoms with Crippen molar-refractivity contribution in [1.29, 1.82) is 0 Å². The summed E-state index contributed by atoms with van der Waals surface area (Å²) in [6.07, 6.45) is 6.97. The fourth-order valence-electron chi connectivity index (χ4n) is 2.87. The summed E-state index contributed by atoms with van der Waals surface area (Å²) in [5, 5.41) is 15.2. The monoisotopic (exact) mass is 300 g/mol. The average molecular weight is 301 g/mol.